The van der Waals surface area contributed by atoms with Gasteiger partial charge >= 0.3 is 0 Å². The Morgan fingerprint density at radius 3 is 2.84 bits per heavy atom. The van der Waals surface area contributed by atoms with Gasteiger partial charge in [0.15, 0.2) is 5.69 Å². The van der Waals surface area contributed by atoms with Crippen LogP contribution in [-0.4, -0.2) is 37.4 Å². The van der Waals surface area contributed by atoms with Crippen LogP contribution in [0.25, 0.3) is 5.82 Å². The smallest absolute Gasteiger partial charge is 0.292 e. The number of ether oxygens (including phenoxy) is 1. The van der Waals surface area contributed by atoms with Crippen LogP contribution in [-0.2, 0) is 6.61 Å². The van der Waals surface area contributed by atoms with Gasteiger partial charge in [-0.3, -0.25) is 4.79 Å². The number of nitrogens with zero attached hydrogens (tertiary/aromatic N) is 6. The van der Waals surface area contributed by atoms with E-state index in [0.717, 1.165) is 15.8 Å². The van der Waals surface area contributed by atoms with Crippen LogP contribution in [0.5, 0.6) is 5.75 Å². The van der Waals surface area contributed by atoms with Crippen molar-refractivity contribution in [3.8, 4) is 11.6 Å². The first-order chi connectivity index (χ1) is 15.5. The molecule has 0 aliphatic carbocycles. The molecule has 11 heteroatoms. The summed E-state index contributed by atoms with van der Waals surface area (Å²) in [5, 5.41) is 18.9. The van der Waals surface area contributed by atoms with Crippen molar-refractivity contribution in [1.29, 1.82) is 0 Å². The Kier molecular flexibility index (Phi) is 5.88. The number of carbonyl (C=O) groups is 1. The molecule has 0 atom stereocenters. The van der Waals surface area contributed by atoms with Crippen molar-refractivity contribution in [2.24, 2.45) is 5.10 Å². The van der Waals surface area contributed by atoms with Gasteiger partial charge in [0.2, 0.25) is 11.6 Å². The molecule has 0 aliphatic rings. The number of hydrogen-bond acceptors (Lipinski definition) is 9. The van der Waals surface area contributed by atoms with E-state index in [1.54, 1.807) is 6.92 Å². The molecule has 11 nitrogen and oxygen atoms in total. The number of hydrazone groups is 1. The van der Waals surface area contributed by atoms with Crippen LogP contribution in [0.2, 0.25) is 0 Å². The Balaban J connectivity index is 1.42. The van der Waals surface area contributed by atoms with Gasteiger partial charge in [-0.05, 0) is 53.0 Å². The van der Waals surface area contributed by atoms with E-state index in [1.807, 2.05) is 55.5 Å². The number of aryl methyl sites for hydroxylation is 2. The lowest BCUT2D eigenvalue weighted by Gasteiger charge is -2.09. The summed E-state index contributed by atoms with van der Waals surface area (Å²) in [7, 11) is 0. The zero-order valence-corrected chi connectivity index (χ0v) is 17.4. The van der Waals surface area contributed by atoms with Gasteiger partial charge in [0.1, 0.15) is 12.4 Å². The lowest BCUT2D eigenvalue weighted by molar-refractivity contribution is 0.0946. The summed E-state index contributed by atoms with van der Waals surface area (Å²) in [5.41, 5.74) is 11.6. The van der Waals surface area contributed by atoms with E-state index >= 15 is 0 Å². The number of aromatic nitrogens is 5. The summed E-state index contributed by atoms with van der Waals surface area (Å²) in [6.07, 6.45) is 1.51. The van der Waals surface area contributed by atoms with Gasteiger partial charge < -0.3 is 10.5 Å². The first-order valence-electron chi connectivity index (χ1n) is 9.64. The predicted octanol–water partition coefficient (Wildman–Crippen LogP) is 2.19. The van der Waals surface area contributed by atoms with E-state index in [9.17, 15) is 4.79 Å². The van der Waals surface area contributed by atoms with Crippen LogP contribution in [0.4, 0.5) is 5.82 Å². The summed E-state index contributed by atoms with van der Waals surface area (Å²) in [4.78, 5) is 12.6. The standard InChI is InChI=1S/C21H20N8O3/c1-13-6-3-4-8-16(13)12-31-17-9-5-7-15(10-17)11-23-25-21(30)18-14(2)24-28-29(18)20-19(22)26-32-27-20/h3-11H,12H2,1-2H3,(H2,22,26)(H,25,30)/b23-11+. The molecule has 0 aliphatic heterocycles. The molecular formula is C21H20N8O3. The van der Waals surface area contributed by atoms with Crippen molar-refractivity contribution in [2.75, 3.05) is 5.73 Å². The Morgan fingerprint density at radius 2 is 2.06 bits per heavy atom. The maximum atomic E-state index is 12.6. The van der Waals surface area contributed by atoms with E-state index in [2.05, 4.69) is 35.8 Å². The van der Waals surface area contributed by atoms with Crippen molar-refractivity contribution < 1.29 is 14.2 Å². The molecule has 0 saturated heterocycles. The van der Waals surface area contributed by atoms with Crippen molar-refractivity contribution >= 4 is 17.9 Å². The molecule has 2 heterocycles. The van der Waals surface area contributed by atoms with Crippen LogP contribution in [0.3, 0.4) is 0 Å². The van der Waals surface area contributed by atoms with Gasteiger partial charge in [-0.2, -0.15) is 9.78 Å². The largest absolute Gasteiger partial charge is 0.489 e. The number of amides is 1. The molecule has 0 spiro atoms. The molecular weight excluding hydrogens is 412 g/mol. The highest BCUT2D eigenvalue weighted by Crippen LogP contribution is 2.17. The Labute approximate surface area is 182 Å². The molecule has 0 saturated carbocycles. The maximum Gasteiger partial charge on any atom is 0.292 e. The zero-order chi connectivity index (χ0) is 22.5. The minimum atomic E-state index is -0.543. The fourth-order valence-electron chi connectivity index (χ4n) is 2.94. The molecule has 4 rings (SSSR count). The van der Waals surface area contributed by atoms with Crippen molar-refractivity contribution in [3.05, 3.63) is 76.6 Å². The molecule has 0 unspecified atom stereocenters. The monoisotopic (exact) mass is 432 g/mol. The summed E-state index contributed by atoms with van der Waals surface area (Å²) >= 11 is 0. The van der Waals surface area contributed by atoms with E-state index in [1.165, 1.54) is 11.8 Å². The molecule has 4 aromatic rings. The number of nitrogens with one attached hydrogen (secondary N) is 1. The maximum absolute atomic E-state index is 12.6. The minimum absolute atomic E-state index is 0.0186. The molecule has 0 fully saturated rings. The highest BCUT2D eigenvalue weighted by molar-refractivity contribution is 5.94. The quantitative estimate of drug-likeness (QED) is 0.334. The average Bonchev–Trinajstić information content (AvgIpc) is 3.38. The summed E-state index contributed by atoms with van der Waals surface area (Å²) in [6, 6.07) is 15.4. The van der Waals surface area contributed by atoms with Crippen molar-refractivity contribution in [1.82, 2.24) is 30.7 Å². The van der Waals surface area contributed by atoms with Crippen LogP contribution in [0, 0.1) is 13.8 Å². The van der Waals surface area contributed by atoms with Gasteiger partial charge in [-0.15, -0.1) is 5.10 Å². The average molecular weight is 432 g/mol. The molecule has 0 radical (unpaired) electrons. The summed E-state index contributed by atoms with van der Waals surface area (Å²) in [5.74, 6) is 0.196. The molecule has 32 heavy (non-hydrogen) atoms. The molecule has 162 valence electrons. The predicted molar refractivity (Wildman–Crippen MR) is 115 cm³/mol. The van der Waals surface area contributed by atoms with Crippen LogP contribution < -0.4 is 15.9 Å². The first-order valence-corrected chi connectivity index (χ1v) is 9.64. The van der Waals surface area contributed by atoms with Gasteiger partial charge in [-0.1, -0.05) is 41.6 Å². The highest BCUT2D eigenvalue weighted by atomic mass is 16.6. The second kappa shape index (κ2) is 9.08. The van der Waals surface area contributed by atoms with E-state index in [0.29, 0.717) is 18.1 Å². The highest BCUT2D eigenvalue weighted by Gasteiger charge is 2.22. The summed E-state index contributed by atoms with van der Waals surface area (Å²) in [6.45, 7) is 4.13. The SMILES string of the molecule is Cc1ccccc1COc1cccc(/C=N/NC(=O)c2c(C)nnn2-c2nonc2N)c1. The van der Waals surface area contributed by atoms with E-state index in [-0.39, 0.29) is 17.3 Å². The molecule has 1 amide bonds. The van der Waals surface area contributed by atoms with Gasteiger partial charge in [0, 0.05) is 0 Å². The Hall–Kier alpha value is -4.54. The third-order valence-electron chi connectivity index (χ3n) is 4.64. The fourth-order valence-corrected chi connectivity index (χ4v) is 2.94. The van der Waals surface area contributed by atoms with E-state index in [4.69, 9.17) is 10.5 Å². The second-order valence-corrected chi connectivity index (χ2v) is 6.90. The number of rotatable bonds is 7. The first kappa shape index (κ1) is 20.7. The summed E-state index contributed by atoms with van der Waals surface area (Å²) < 4.78 is 11.6. The lowest BCUT2D eigenvalue weighted by Crippen LogP contribution is -2.22. The van der Waals surface area contributed by atoms with Gasteiger partial charge in [-0.25, -0.2) is 10.1 Å². The Bertz CT molecular complexity index is 1280. The molecule has 2 aromatic heterocycles. The number of benzene rings is 2. The Morgan fingerprint density at radius 1 is 1.22 bits per heavy atom. The van der Waals surface area contributed by atoms with E-state index < -0.39 is 5.91 Å². The van der Waals surface area contributed by atoms with Gasteiger partial charge in [0.05, 0.1) is 11.9 Å². The van der Waals surface area contributed by atoms with Gasteiger partial charge in [0.25, 0.3) is 5.91 Å². The molecule has 3 N–H and O–H groups in total. The number of hydrogen-bond donors (Lipinski definition) is 2. The minimum Gasteiger partial charge on any atom is -0.489 e. The number of carbonyl (C=O) groups excluding carboxylic acids is 1. The third kappa shape index (κ3) is 4.46. The number of nitrogens with two attached hydrogens (primary N) is 1. The molecule has 2 aromatic carbocycles. The normalized spacial score (nSPS) is 11.1. The van der Waals surface area contributed by atoms with Crippen LogP contribution >= 0.6 is 0 Å². The van der Waals surface area contributed by atoms with Crippen LogP contribution in [0.1, 0.15) is 32.9 Å². The zero-order valence-electron chi connectivity index (χ0n) is 17.4. The lowest BCUT2D eigenvalue weighted by atomic mass is 10.1. The number of anilines is 1. The third-order valence-corrected chi connectivity index (χ3v) is 4.64. The van der Waals surface area contributed by atoms with Crippen molar-refractivity contribution in [2.45, 2.75) is 20.5 Å². The topological polar surface area (TPSA) is 146 Å². The fraction of sp³-hybridized carbons (Fsp3) is 0.143. The van der Waals surface area contributed by atoms with Crippen molar-refractivity contribution in [3.63, 3.8) is 0 Å². The molecule has 0 bridgehead atoms. The number of nitrogen functional groups attached to an aromatic ring is 1. The van der Waals surface area contributed by atoms with Crippen LogP contribution in [0.15, 0.2) is 58.3 Å². The second-order valence-electron chi connectivity index (χ2n) is 6.90.